The van der Waals surface area contributed by atoms with E-state index < -0.39 is 0 Å². The highest BCUT2D eigenvalue weighted by atomic mass is 35.5. The van der Waals surface area contributed by atoms with E-state index in [9.17, 15) is 0 Å². The molecule has 1 aromatic rings. The first-order valence-electron chi connectivity index (χ1n) is 4.57. The average Bonchev–Trinajstić information content (AvgIpc) is 2.09. The van der Waals surface area contributed by atoms with E-state index in [-0.39, 0.29) is 5.54 Å². The van der Waals surface area contributed by atoms with Crippen molar-refractivity contribution in [3.63, 3.8) is 0 Å². The first-order chi connectivity index (χ1) is 6.03. The molecule has 0 aliphatic carbocycles. The molecule has 1 nitrogen and oxygen atoms in total. The Bertz CT molecular complexity index is 264. The second-order valence-corrected chi connectivity index (χ2v) is 4.25. The van der Waals surface area contributed by atoms with E-state index in [0.29, 0.717) is 0 Å². The molecule has 2 heteroatoms. The third-order valence-electron chi connectivity index (χ3n) is 2.33. The molecule has 0 spiro atoms. The van der Waals surface area contributed by atoms with Crippen molar-refractivity contribution in [2.24, 2.45) is 5.73 Å². The number of nitrogens with two attached hydrogens (primary N) is 1. The molecule has 0 heterocycles. The largest absolute Gasteiger partial charge is 0.325 e. The summed E-state index contributed by atoms with van der Waals surface area (Å²) in [6.45, 7) is 4.18. The van der Waals surface area contributed by atoms with Crippen LogP contribution in [0.3, 0.4) is 0 Å². The van der Waals surface area contributed by atoms with Gasteiger partial charge in [-0.05, 0) is 37.5 Å². The van der Waals surface area contributed by atoms with Gasteiger partial charge in [0.2, 0.25) is 0 Å². The second-order valence-electron chi connectivity index (χ2n) is 3.81. The molecule has 13 heavy (non-hydrogen) atoms. The fourth-order valence-electron chi connectivity index (χ4n) is 1.19. The predicted molar refractivity (Wildman–Crippen MR) is 58.0 cm³/mol. The van der Waals surface area contributed by atoms with Crippen molar-refractivity contribution in [2.45, 2.75) is 32.2 Å². The highest BCUT2D eigenvalue weighted by Crippen LogP contribution is 2.16. The van der Waals surface area contributed by atoms with Crippen LogP contribution in [0.2, 0.25) is 5.02 Å². The van der Waals surface area contributed by atoms with Gasteiger partial charge in [-0.2, -0.15) is 0 Å². The third-order valence-corrected chi connectivity index (χ3v) is 2.58. The Morgan fingerprint density at radius 3 is 2.31 bits per heavy atom. The summed E-state index contributed by atoms with van der Waals surface area (Å²) in [5, 5.41) is 0.777. The highest BCUT2D eigenvalue weighted by molar-refractivity contribution is 6.30. The topological polar surface area (TPSA) is 26.0 Å². The van der Waals surface area contributed by atoms with Crippen molar-refractivity contribution >= 4 is 11.6 Å². The summed E-state index contributed by atoms with van der Waals surface area (Å²) >= 11 is 5.79. The van der Waals surface area contributed by atoms with Crippen LogP contribution in [0.5, 0.6) is 0 Å². The van der Waals surface area contributed by atoms with E-state index in [1.165, 1.54) is 5.56 Å². The molecule has 1 rings (SSSR count). The van der Waals surface area contributed by atoms with Crippen LogP contribution in [0.4, 0.5) is 0 Å². The standard InChI is InChI=1S/C11H16ClN/c1-3-11(2,13)8-9-4-6-10(12)7-5-9/h4-7H,3,8,13H2,1-2H3/t11-/m1/s1. The minimum absolute atomic E-state index is 0.103. The second kappa shape index (κ2) is 4.12. The molecule has 0 fully saturated rings. The van der Waals surface area contributed by atoms with Gasteiger partial charge in [0.1, 0.15) is 0 Å². The van der Waals surface area contributed by atoms with Gasteiger partial charge in [0.25, 0.3) is 0 Å². The number of benzene rings is 1. The lowest BCUT2D eigenvalue weighted by Gasteiger charge is -2.22. The molecule has 1 aromatic carbocycles. The van der Waals surface area contributed by atoms with Crippen LogP contribution in [-0.4, -0.2) is 5.54 Å². The Kier molecular flexibility index (Phi) is 3.34. The first-order valence-corrected chi connectivity index (χ1v) is 4.94. The smallest absolute Gasteiger partial charge is 0.0406 e. The van der Waals surface area contributed by atoms with Crippen LogP contribution < -0.4 is 5.73 Å². The Balaban J connectivity index is 2.69. The Morgan fingerprint density at radius 2 is 1.85 bits per heavy atom. The summed E-state index contributed by atoms with van der Waals surface area (Å²) in [5.41, 5.74) is 7.20. The number of rotatable bonds is 3. The van der Waals surface area contributed by atoms with Gasteiger partial charge in [-0.25, -0.2) is 0 Å². The maximum absolute atomic E-state index is 6.05. The summed E-state index contributed by atoms with van der Waals surface area (Å²) in [5.74, 6) is 0. The van der Waals surface area contributed by atoms with E-state index in [2.05, 4.69) is 13.8 Å². The summed E-state index contributed by atoms with van der Waals surface area (Å²) in [6.07, 6.45) is 1.89. The minimum atomic E-state index is -0.103. The van der Waals surface area contributed by atoms with E-state index in [1.807, 2.05) is 24.3 Å². The van der Waals surface area contributed by atoms with E-state index >= 15 is 0 Å². The van der Waals surface area contributed by atoms with Crippen LogP contribution >= 0.6 is 11.6 Å². The molecule has 72 valence electrons. The van der Waals surface area contributed by atoms with Crippen molar-refractivity contribution in [3.05, 3.63) is 34.9 Å². The van der Waals surface area contributed by atoms with Gasteiger partial charge in [-0.15, -0.1) is 0 Å². The first kappa shape index (κ1) is 10.6. The zero-order valence-corrected chi connectivity index (χ0v) is 8.93. The van der Waals surface area contributed by atoms with Crippen molar-refractivity contribution < 1.29 is 0 Å². The Labute approximate surface area is 84.9 Å². The molecule has 0 bridgehead atoms. The quantitative estimate of drug-likeness (QED) is 0.792. The van der Waals surface area contributed by atoms with Gasteiger partial charge < -0.3 is 5.73 Å². The van der Waals surface area contributed by atoms with Gasteiger partial charge in [0.05, 0.1) is 0 Å². The molecule has 0 amide bonds. The molecule has 0 saturated heterocycles. The van der Waals surface area contributed by atoms with Crippen LogP contribution in [-0.2, 0) is 6.42 Å². The summed E-state index contributed by atoms with van der Waals surface area (Å²) < 4.78 is 0. The monoisotopic (exact) mass is 197 g/mol. The van der Waals surface area contributed by atoms with Gasteiger partial charge >= 0.3 is 0 Å². The maximum Gasteiger partial charge on any atom is 0.0406 e. The predicted octanol–water partition coefficient (Wildman–Crippen LogP) is 3.01. The third kappa shape index (κ3) is 3.37. The summed E-state index contributed by atoms with van der Waals surface area (Å²) in [4.78, 5) is 0. The van der Waals surface area contributed by atoms with E-state index in [4.69, 9.17) is 17.3 Å². The Hall–Kier alpha value is -0.530. The van der Waals surface area contributed by atoms with Crippen LogP contribution in [0.25, 0.3) is 0 Å². The molecule has 0 aliphatic heterocycles. The van der Waals surface area contributed by atoms with Crippen molar-refractivity contribution in [2.75, 3.05) is 0 Å². The molecule has 0 aliphatic rings. The normalized spacial score (nSPS) is 15.4. The zero-order valence-electron chi connectivity index (χ0n) is 8.18. The summed E-state index contributed by atoms with van der Waals surface area (Å²) in [6, 6.07) is 7.87. The fourth-order valence-corrected chi connectivity index (χ4v) is 1.32. The van der Waals surface area contributed by atoms with Gasteiger partial charge in [0.15, 0.2) is 0 Å². The van der Waals surface area contributed by atoms with Crippen LogP contribution in [0, 0.1) is 0 Å². The van der Waals surface area contributed by atoms with Crippen molar-refractivity contribution in [1.29, 1.82) is 0 Å². The molecule has 2 N–H and O–H groups in total. The minimum Gasteiger partial charge on any atom is -0.325 e. The number of halogens is 1. The van der Waals surface area contributed by atoms with E-state index in [1.54, 1.807) is 0 Å². The lowest BCUT2D eigenvalue weighted by atomic mass is 9.92. The maximum atomic E-state index is 6.05. The molecular weight excluding hydrogens is 182 g/mol. The molecule has 0 radical (unpaired) electrons. The molecule has 0 aromatic heterocycles. The van der Waals surface area contributed by atoms with Gasteiger partial charge in [-0.3, -0.25) is 0 Å². The molecule has 0 unspecified atom stereocenters. The van der Waals surface area contributed by atoms with Crippen LogP contribution in [0.1, 0.15) is 25.8 Å². The van der Waals surface area contributed by atoms with Crippen molar-refractivity contribution in [1.82, 2.24) is 0 Å². The van der Waals surface area contributed by atoms with E-state index in [0.717, 1.165) is 17.9 Å². The highest BCUT2D eigenvalue weighted by Gasteiger charge is 2.15. The van der Waals surface area contributed by atoms with Gasteiger partial charge in [0, 0.05) is 10.6 Å². The molecule has 0 saturated carbocycles. The summed E-state index contributed by atoms with van der Waals surface area (Å²) in [7, 11) is 0. The molecular formula is C11H16ClN. The lowest BCUT2D eigenvalue weighted by molar-refractivity contribution is 0.450. The molecule has 1 atom stereocenters. The number of hydrogen-bond donors (Lipinski definition) is 1. The van der Waals surface area contributed by atoms with Crippen LogP contribution in [0.15, 0.2) is 24.3 Å². The SMILES string of the molecule is CC[C@@](C)(N)Cc1ccc(Cl)cc1. The number of hydrogen-bond acceptors (Lipinski definition) is 1. The zero-order chi connectivity index (χ0) is 9.90. The van der Waals surface area contributed by atoms with Gasteiger partial charge in [-0.1, -0.05) is 30.7 Å². The average molecular weight is 198 g/mol. The lowest BCUT2D eigenvalue weighted by Crippen LogP contribution is -2.37. The van der Waals surface area contributed by atoms with Crippen molar-refractivity contribution in [3.8, 4) is 0 Å². The Morgan fingerprint density at radius 1 is 1.31 bits per heavy atom. The fraction of sp³-hybridized carbons (Fsp3) is 0.455.